The number of fused-ring (bicyclic) bond motifs is 3. The standard InChI is InChI=1S/C23H23FN6O4/c24-15-5-6-16-18(14(15)10-25)29(11-13-4-3-9-33-13)21(31)19-17(26-12-30(16)19)20-27-22(28-34-20)23(32)7-1-2-8-23/h5-6,12-13,17,19,32H,1-4,7-9,11H2. The largest absolute Gasteiger partial charge is 0.382 e. The first-order valence-electron chi connectivity index (χ1n) is 11.5. The molecule has 1 aliphatic carbocycles. The van der Waals surface area contributed by atoms with E-state index in [9.17, 15) is 19.6 Å². The molecule has 0 bridgehead atoms. The Kier molecular flexibility index (Phi) is 4.89. The van der Waals surface area contributed by atoms with Crippen molar-refractivity contribution in [3.05, 3.63) is 35.2 Å². The van der Waals surface area contributed by atoms with Gasteiger partial charge < -0.3 is 24.2 Å². The van der Waals surface area contributed by atoms with Crippen LogP contribution in [0.25, 0.3) is 0 Å². The number of nitrogens with zero attached hydrogens (tertiary/aromatic N) is 6. The summed E-state index contributed by atoms with van der Waals surface area (Å²) in [7, 11) is 0. The molecule has 2 aromatic rings. The number of rotatable bonds is 4. The molecule has 1 amide bonds. The molecule has 4 heterocycles. The normalized spacial score (nSPS) is 27.2. The fourth-order valence-corrected chi connectivity index (χ4v) is 5.43. The zero-order chi connectivity index (χ0) is 23.4. The smallest absolute Gasteiger partial charge is 0.254 e. The number of halogens is 1. The molecule has 6 rings (SSSR count). The van der Waals surface area contributed by atoms with Gasteiger partial charge >= 0.3 is 0 Å². The molecule has 3 atom stereocenters. The minimum Gasteiger partial charge on any atom is -0.382 e. The van der Waals surface area contributed by atoms with Crippen LogP contribution in [0.4, 0.5) is 15.8 Å². The van der Waals surface area contributed by atoms with E-state index in [2.05, 4.69) is 15.1 Å². The van der Waals surface area contributed by atoms with Crippen molar-refractivity contribution in [1.29, 1.82) is 5.26 Å². The monoisotopic (exact) mass is 466 g/mol. The fraction of sp³-hybridized carbons (Fsp3) is 0.522. The number of anilines is 2. The van der Waals surface area contributed by atoms with Gasteiger partial charge in [-0.2, -0.15) is 10.2 Å². The van der Waals surface area contributed by atoms with Gasteiger partial charge in [0.2, 0.25) is 5.82 Å². The molecule has 4 aliphatic rings. The number of aliphatic imine (C=N–C) groups is 1. The van der Waals surface area contributed by atoms with E-state index in [1.54, 1.807) is 11.0 Å². The minimum atomic E-state index is -1.13. The maximum absolute atomic E-state index is 14.6. The molecule has 3 aliphatic heterocycles. The lowest BCUT2D eigenvalue weighted by atomic mass is 9.98. The lowest BCUT2D eigenvalue weighted by Gasteiger charge is -2.40. The Balaban J connectivity index is 1.39. The van der Waals surface area contributed by atoms with Gasteiger partial charge in [-0.3, -0.25) is 9.79 Å². The molecule has 11 heteroatoms. The number of benzene rings is 1. The van der Waals surface area contributed by atoms with Gasteiger partial charge in [-0.1, -0.05) is 5.16 Å². The summed E-state index contributed by atoms with van der Waals surface area (Å²) in [5, 5.41) is 24.5. The van der Waals surface area contributed by atoms with Gasteiger partial charge in [0.15, 0.2) is 6.04 Å². The van der Waals surface area contributed by atoms with Crippen molar-refractivity contribution in [2.45, 2.75) is 62.3 Å². The molecule has 1 saturated carbocycles. The van der Waals surface area contributed by atoms with Crippen LogP contribution in [0.3, 0.4) is 0 Å². The van der Waals surface area contributed by atoms with Crippen LogP contribution in [0.15, 0.2) is 21.6 Å². The van der Waals surface area contributed by atoms with Gasteiger partial charge in [0, 0.05) is 6.61 Å². The topological polar surface area (TPSA) is 128 Å². The first-order valence-corrected chi connectivity index (χ1v) is 11.5. The highest BCUT2D eigenvalue weighted by atomic mass is 19.1. The van der Waals surface area contributed by atoms with E-state index in [0.717, 1.165) is 25.7 Å². The molecule has 1 saturated heterocycles. The molecule has 0 radical (unpaired) electrons. The summed E-state index contributed by atoms with van der Waals surface area (Å²) < 4.78 is 25.8. The summed E-state index contributed by atoms with van der Waals surface area (Å²) in [6, 6.07) is 3.04. The Morgan fingerprint density at radius 1 is 1.29 bits per heavy atom. The molecule has 2 fully saturated rings. The van der Waals surface area contributed by atoms with E-state index in [-0.39, 0.29) is 41.5 Å². The van der Waals surface area contributed by atoms with Crippen LogP contribution in [-0.4, -0.2) is 52.8 Å². The number of amides is 1. The zero-order valence-corrected chi connectivity index (χ0v) is 18.4. The predicted molar refractivity (Wildman–Crippen MR) is 117 cm³/mol. The highest BCUT2D eigenvalue weighted by molar-refractivity contribution is 6.13. The van der Waals surface area contributed by atoms with Crippen LogP contribution in [0.1, 0.15) is 61.8 Å². The van der Waals surface area contributed by atoms with E-state index in [0.29, 0.717) is 25.1 Å². The summed E-state index contributed by atoms with van der Waals surface area (Å²) >= 11 is 0. The number of aliphatic hydroxyl groups is 1. The number of hydrogen-bond acceptors (Lipinski definition) is 9. The second-order valence-corrected chi connectivity index (χ2v) is 9.24. The van der Waals surface area contributed by atoms with Gasteiger partial charge in [0.05, 0.1) is 30.4 Å². The second kappa shape index (κ2) is 7.85. The Morgan fingerprint density at radius 2 is 2.12 bits per heavy atom. The van der Waals surface area contributed by atoms with Gasteiger partial charge in [-0.25, -0.2) is 4.39 Å². The third-order valence-electron chi connectivity index (χ3n) is 7.19. The van der Waals surface area contributed by atoms with Crippen LogP contribution in [0.5, 0.6) is 0 Å². The van der Waals surface area contributed by atoms with Crippen LogP contribution in [0.2, 0.25) is 0 Å². The average Bonchev–Trinajstić information content (AvgIpc) is 3.63. The maximum Gasteiger partial charge on any atom is 0.254 e. The highest BCUT2D eigenvalue weighted by Gasteiger charge is 2.50. The second-order valence-electron chi connectivity index (χ2n) is 9.24. The van der Waals surface area contributed by atoms with Crippen molar-refractivity contribution in [1.82, 2.24) is 10.1 Å². The Morgan fingerprint density at radius 3 is 2.85 bits per heavy atom. The average molecular weight is 466 g/mol. The van der Waals surface area contributed by atoms with Gasteiger partial charge in [0.1, 0.15) is 29.1 Å². The molecule has 0 spiro atoms. The van der Waals surface area contributed by atoms with Gasteiger partial charge in [-0.05, 0) is 50.7 Å². The summed E-state index contributed by atoms with van der Waals surface area (Å²) in [6.07, 6.45) is 5.80. The Labute approximate surface area is 194 Å². The van der Waals surface area contributed by atoms with Crippen molar-refractivity contribution in [2.24, 2.45) is 4.99 Å². The molecule has 176 valence electrons. The Hall–Kier alpha value is -3.36. The summed E-state index contributed by atoms with van der Waals surface area (Å²) in [5.41, 5.74) is -0.598. The molecule has 1 aromatic carbocycles. The van der Waals surface area contributed by atoms with E-state index in [1.807, 2.05) is 6.07 Å². The van der Waals surface area contributed by atoms with E-state index >= 15 is 0 Å². The van der Waals surface area contributed by atoms with Crippen molar-refractivity contribution in [3.63, 3.8) is 0 Å². The van der Waals surface area contributed by atoms with E-state index in [4.69, 9.17) is 9.26 Å². The molecule has 3 unspecified atom stereocenters. The van der Waals surface area contributed by atoms with Gasteiger partial charge in [0.25, 0.3) is 11.8 Å². The number of carbonyl (C=O) groups excluding carboxylic acids is 1. The number of hydrogen-bond donors (Lipinski definition) is 1. The van der Waals surface area contributed by atoms with Crippen LogP contribution >= 0.6 is 0 Å². The highest BCUT2D eigenvalue weighted by Crippen LogP contribution is 2.45. The SMILES string of the molecule is N#Cc1c(F)ccc2c1N(CC1CCCO1)C(=O)C1C(c3nc(C4(O)CCCC4)no3)N=CN21. The number of ether oxygens (including phenoxy) is 1. The summed E-state index contributed by atoms with van der Waals surface area (Å²) in [6.45, 7) is 0.804. The van der Waals surface area contributed by atoms with E-state index in [1.165, 1.54) is 17.3 Å². The fourth-order valence-electron chi connectivity index (χ4n) is 5.43. The first kappa shape index (κ1) is 21.2. The zero-order valence-electron chi connectivity index (χ0n) is 18.4. The number of carbonyl (C=O) groups is 1. The van der Waals surface area contributed by atoms with Crippen molar-refractivity contribution < 1.29 is 23.6 Å². The van der Waals surface area contributed by atoms with Crippen molar-refractivity contribution in [3.8, 4) is 6.07 Å². The molecule has 1 N–H and O–H groups in total. The van der Waals surface area contributed by atoms with Crippen LogP contribution in [-0.2, 0) is 15.1 Å². The van der Waals surface area contributed by atoms with Gasteiger partial charge in [-0.15, -0.1) is 0 Å². The molecular formula is C23H23FN6O4. The molecule has 10 nitrogen and oxygen atoms in total. The van der Waals surface area contributed by atoms with Crippen LogP contribution < -0.4 is 9.80 Å². The lowest BCUT2D eigenvalue weighted by molar-refractivity contribution is -0.120. The lowest BCUT2D eigenvalue weighted by Crippen LogP contribution is -2.55. The van der Waals surface area contributed by atoms with Crippen LogP contribution in [0, 0.1) is 17.1 Å². The quantitative estimate of drug-likeness (QED) is 0.727. The number of aromatic nitrogens is 2. The maximum atomic E-state index is 14.6. The van der Waals surface area contributed by atoms with E-state index < -0.39 is 23.5 Å². The molecular weight excluding hydrogens is 443 g/mol. The summed E-state index contributed by atoms with van der Waals surface area (Å²) in [4.78, 5) is 25.8. The third-order valence-corrected chi connectivity index (χ3v) is 7.19. The first-order chi connectivity index (χ1) is 16.5. The minimum absolute atomic E-state index is 0.135. The van der Waals surface area contributed by atoms with Crippen molar-refractivity contribution in [2.75, 3.05) is 23.0 Å². The van der Waals surface area contributed by atoms with Crippen molar-refractivity contribution >= 4 is 23.6 Å². The molecule has 34 heavy (non-hydrogen) atoms. The Bertz CT molecular complexity index is 1210. The third kappa shape index (κ3) is 3.13. The predicted octanol–water partition coefficient (Wildman–Crippen LogP) is 2.33. The summed E-state index contributed by atoms with van der Waals surface area (Å²) in [5.74, 6) is -0.700. The molecule has 1 aromatic heterocycles. The number of nitriles is 1.